The number of benzene rings is 1. The number of fused-ring (bicyclic) bond motifs is 1. The predicted octanol–water partition coefficient (Wildman–Crippen LogP) is 2.88. The van der Waals surface area contributed by atoms with Crippen LogP contribution in [-0.4, -0.2) is 22.4 Å². The highest BCUT2D eigenvalue weighted by Crippen LogP contribution is 2.38. The topological polar surface area (TPSA) is 58.1 Å². The number of carbonyl (C=O) groups is 1. The van der Waals surface area contributed by atoms with Gasteiger partial charge in [-0.1, -0.05) is 12.1 Å². The van der Waals surface area contributed by atoms with Crippen molar-refractivity contribution in [2.45, 2.75) is 38.6 Å². The zero-order valence-electron chi connectivity index (χ0n) is 13.2. The van der Waals surface area contributed by atoms with Gasteiger partial charge in [-0.3, -0.25) is 4.79 Å². The molecule has 0 atom stereocenters. The van der Waals surface area contributed by atoms with Crippen molar-refractivity contribution in [2.75, 3.05) is 16.8 Å². The Kier molecular flexibility index (Phi) is 3.48. The van der Waals surface area contributed by atoms with Crippen LogP contribution in [-0.2, 0) is 17.8 Å². The van der Waals surface area contributed by atoms with Crippen molar-refractivity contribution in [2.24, 2.45) is 0 Å². The van der Waals surface area contributed by atoms with Crippen LogP contribution in [0.2, 0.25) is 0 Å². The van der Waals surface area contributed by atoms with Crippen molar-refractivity contribution < 1.29 is 4.79 Å². The fraction of sp³-hybridized carbons (Fsp3) is 0.389. The van der Waals surface area contributed by atoms with Gasteiger partial charge in [-0.25, -0.2) is 9.97 Å². The Morgan fingerprint density at radius 1 is 1.30 bits per heavy atom. The predicted molar refractivity (Wildman–Crippen MR) is 89.5 cm³/mol. The molecule has 2 aromatic rings. The summed E-state index contributed by atoms with van der Waals surface area (Å²) < 4.78 is 0. The van der Waals surface area contributed by atoms with E-state index in [1.807, 2.05) is 24.4 Å². The smallest absolute Gasteiger partial charge is 0.221 e. The first-order valence-electron chi connectivity index (χ1n) is 8.17. The molecule has 0 bridgehead atoms. The van der Waals surface area contributed by atoms with Crippen LogP contribution in [0.25, 0.3) is 0 Å². The molecular weight excluding hydrogens is 288 g/mol. The van der Waals surface area contributed by atoms with E-state index in [0.717, 1.165) is 36.8 Å². The second-order valence-corrected chi connectivity index (χ2v) is 6.34. The Bertz CT molecular complexity index is 754. The lowest BCUT2D eigenvalue weighted by Gasteiger charge is -2.31. The Labute approximate surface area is 135 Å². The molecule has 5 heteroatoms. The van der Waals surface area contributed by atoms with Crippen LogP contribution in [0.15, 0.2) is 30.5 Å². The second kappa shape index (κ2) is 5.65. The molecule has 0 spiro atoms. The number of aromatic nitrogens is 2. The van der Waals surface area contributed by atoms with Crippen LogP contribution < -0.4 is 10.2 Å². The molecule has 1 aromatic heterocycles. The third-order valence-corrected chi connectivity index (χ3v) is 4.50. The van der Waals surface area contributed by atoms with Gasteiger partial charge in [0.25, 0.3) is 0 Å². The van der Waals surface area contributed by atoms with Crippen molar-refractivity contribution in [1.82, 2.24) is 9.97 Å². The number of rotatable bonds is 3. The van der Waals surface area contributed by atoms with E-state index in [1.54, 1.807) is 6.92 Å². The van der Waals surface area contributed by atoms with Gasteiger partial charge < -0.3 is 10.2 Å². The van der Waals surface area contributed by atoms with Gasteiger partial charge in [0.05, 0.1) is 0 Å². The van der Waals surface area contributed by atoms with Crippen LogP contribution in [0.5, 0.6) is 0 Å². The molecule has 118 valence electrons. The lowest BCUT2D eigenvalue weighted by Crippen LogP contribution is -2.32. The molecule has 1 N–H and O–H groups in total. The number of carbonyl (C=O) groups excluding carboxylic acids is 1. The third-order valence-electron chi connectivity index (χ3n) is 4.50. The number of amides is 1. The molecule has 0 radical (unpaired) electrons. The van der Waals surface area contributed by atoms with Crippen molar-refractivity contribution in [3.05, 3.63) is 47.4 Å². The lowest BCUT2D eigenvalue weighted by molar-refractivity contribution is -0.114. The van der Waals surface area contributed by atoms with E-state index in [4.69, 9.17) is 4.98 Å². The molecule has 1 saturated carbocycles. The normalized spacial score (nSPS) is 16.8. The van der Waals surface area contributed by atoms with E-state index in [9.17, 15) is 4.79 Å². The molecule has 1 fully saturated rings. The largest absolute Gasteiger partial charge is 0.352 e. The highest BCUT2D eigenvalue weighted by molar-refractivity contribution is 5.89. The van der Waals surface area contributed by atoms with E-state index < -0.39 is 0 Å². The van der Waals surface area contributed by atoms with E-state index in [1.165, 1.54) is 24.0 Å². The summed E-state index contributed by atoms with van der Waals surface area (Å²) in [6.07, 6.45) is 5.21. The van der Waals surface area contributed by atoms with E-state index in [0.29, 0.717) is 5.92 Å². The first-order valence-corrected chi connectivity index (χ1v) is 8.17. The highest BCUT2D eigenvalue weighted by atomic mass is 16.1. The van der Waals surface area contributed by atoms with Gasteiger partial charge in [-0.2, -0.15) is 0 Å². The fourth-order valence-corrected chi connectivity index (χ4v) is 3.19. The quantitative estimate of drug-likeness (QED) is 0.947. The first kappa shape index (κ1) is 14.2. The lowest BCUT2D eigenvalue weighted by atomic mass is 9.97. The Morgan fingerprint density at radius 3 is 2.96 bits per heavy atom. The van der Waals surface area contributed by atoms with Gasteiger partial charge in [0.1, 0.15) is 11.6 Å². The molecule has 1 aliphatic heterocycles. The highest BCUT2D eigenvalue weighted by Gasteiger charge is 2.27. The minimum absolute atomic E-state index is 0.0225. The molecule has 23 heavy (non-hydrogen) atoms. The average molecular weight is 308 g/mol. The summed E-state index contributed by atoms with van der Waals surface area (Å²) in [7, 11) is 0. The minimum atomic E-state index is -0.0225. The Hall–Kier alpha value is -2.43. The molecule has 2 heterocycles. The van der Waals surface area contributed by atoms with Gasteiger partial charge in [0, 0.05) is 37.8 Å². The third kappa shape index (κ3) is 2.91. The number of hydrogen-bond acceptors (Lipinski definition) is 4. The number of anilines is 2. The van der Waals surface area contributed by atoms with Gasteiger partial charge in [0.2, 0.25) is 5.91 Å². The Morgan fingerprint density at radius 2 is 2.17 bits per heavy atom. The second-order valence-electron chi connectivity index (χ2n) is 6.34. The monoisotopic (exact) mass is 308 g/mol. The van der Waals surface area contributed by atoms with Crippen LogP contribution in [0.3, 0.4) is 0 Å². The molecule has 4 rings (SSSR count). The van der Waals surface area contributed by atoms with Crippen LogP contribution in [0.4, 0.5) is 11.5 Å². The summed E-state index contributed by atoms with van der Waals surface area (Å²) >= 11 is 0. The number of nitrogens with one attached hydrogen (secondary N) is 1. The van der Waals surface area contributed by atoms with Crippen LogP contribution >= 0.6 is 0 Å². The molecule has 1 aromatic carbocycles. The zero-order valence-corrected chi connectivity index (χ0v) is 13.2. The molecule has 1 aliphatic carbocycles. The van der Waals surface area contributed by atoms with Crippen LogP contribution in [0, 0.1) is 0 Å². The summed E-state index contributed by atoms with van der Waals surface area (Å²) in [6.45, 7) is 3.28. The standard InChI is InChI=1S/C18H20N4O/c1-12(23)20-16-4-2-3-14-11-22(10-8-15(14)16)17-7-9-19-18(21-17)13-5-6-13/h2-4,7,9,13H,5-6,8,10-11H2,1H3,(H,20,23). The van der Waals surface area contributed by atoms with Crippen molar-refractivity contribution >= 4 is 17.4 Å². The van der Waals surface area contributed by atoms with Gasteiger partial charge in [-0.15, -0.1) is 0 Å². The maximum Gasteiger partial charge on any atom is 0.221 e. The molecule has 1 amide bonds. The number of hydrogen-bond donors (Lipinski definition) is 1. The SMILES string of the molecule is CC(=O)Nc1cccc2c1CCN(c1ccnc(C3CC3)n1)C2. The minimum Gasteiger partial charge on any atom is -0.352 e. The van der Waals surface area contributed by atoms with Crippen LogP contribution in [0.1, 0.15) is 42.6 Å². The van der Waals surface area contributed by atoms with E-state index in [-0.39, 0.29) is 5.91 Å². The summed E-state index contributed by atoms with van der Waals surface area (Å²) in [4.78, 5) is 22.8. The first-order chi connectivity index (χ1) is 11.2. The molecule has 5 nitrogen and oxygen atoms in total. The molecule has 0 unspecified atom stereocenters. The fourth-order valence-electron chi connectivity index (χ4n) is 3.19. The van der Waals surface area contributed by atoms with Crippen molar-refractivity contribution in [3.63, 3.8) is 0 Å². The van der Waals surface area contributed by atoms with Crippen molar-refractivity contribution in [1.29, 1.82) is 0 Å². The van der Waals surface area contributed by atoms with Gasteiger partial charge >= 0.3 is 0 Å². The molecule has 0 saturated heterocycles. The summed E-state index contributed by atoms with van der Waals surface area (Å²) in [5, 5.41) is 2.94. The summed E-state index contributed by atoms with van der Waals surface area (Å²) in [5.74, 6) is 2.54. The number of nitrogens with zero attached hydrogens (tertiary/aromatic N) is 3. The summed E-state index contributed by atoms with van der Waals surface area (Å²) in [6, 6.07) is 8.11. The van der Waals surface area contributed by atoms with E-state index in [2.05, 4.69) is 21.3 Å². The van der Waals surface area contributed by atoms with Gasteiger partial charge in [0.15, 0.2) is 0 Å². The van der Waals surface area contributed by atoms with Crippen molar-refractivity contribution in [3.8, 4) is 0 Å². The van der Waals surface area contributed by atoms with Gasteiger partial charge in [-0.05, 0) is 42.5 Å². The van der Waals surface area contributed by atoms with E-state index >= 15 is 0 Å². The zero-order chi connectivity index (χ0) is 15.8. The summed E-state index contributed by atoms with van der Waals surface area (Å²) in [5.41, 5.74) is 3.44. The maximum absolute atomic E-state index is 11.4. The molecular formula is C18H20N4O. The Balaban J connectivity index is 1.59. The average Bonchev–Trinajstić information content (AvgIpc) is 3.39. The maximum atomic E-state index is 11.4. The molecule has 2 aliphatic rings.